The van der Waals surface area contributed by atoms with Crippen LogP contribution in [-0.2, 0) is 0 Å². The van der Waals surface area contributed by atoms with E-state index in [2.05, 4.69) is 5.32 Å². The minimum atomic E-state index is -0.217. The van der Waals surface area contributed by atoms with Crippen LogP contribution < -0.4 is 5.32 Å². The van der Waals surface area contributed by atoms with Crippen molar-refractivity contribution in [2.75, 3.05) is 6.54 Å². The monoisotopic (exact) mass is 230 g/mol. The van der Waals surface area contributed by atoms with E-state index in [0.717, 1.165) is 0 Å². The fraction of sp³-hybridized carbons (Fsp3) is 0.286. The van der Waals surface area contributed by atoms with Gasteiger partial charge in [-0.15, -0.1) is 0 Å². The predicted octanol–water partition coefficient (Wildman–Crippen LogP) is 2.89. The van der Waals surface area contributed by atoms with Crippen LogP contribution >= 0.6 is 0 Å². The maximum atomic E-state index is 11.6. The Morgan fingerprint density at radius 2 is 2.06 bits per heavy atom. The van der Waals surface area contributed by atoms with Crippen molar-refractivity contribution in [2.24, 2.45) is 0 Å². The van der Waals surface area contributed by atoms with Crippen molar-refractivity contribution < 1.29 is 4.79 Å². The summed E-state index contributed by atoms with van der Waals surface area (Å²) in [5, 5.41) is 11.5. The molecule has 3 nitrogen and oxygen atoms in total. The Labute approximate surface area is 103 Å². The molecule has 0 radical (unpaired) electrons. The molecule has 1 aromatic carbocycles. The molecule has 0 aliphatic carbocycles. The molecule has 0 fully saturated rings. The van der Waals surface area contributed by atoms with Crippen LogP contribution in [0.3, 0.4) is 0 Å². The second-order valence-corrected chi connectivity index (χ2v) is 2.94. The summed E-state index contributed by atoms with van der Waals surface area (Å²) in [6, 6.07) is 8.74. The fourth-order valence-electron chi connectivity index (χ4n) is 1.14. The van der Waals surface area contributed by atoms with E-state index < -0.39 is 0 Å². The molecule has 17 heavy (non-hydrogen) atoms. The van der Waals surface area contributed by atoms with E-state index in [0.29, 0.717) is 17.7 Å². The molecule has 0 bridgehead atoms. The van der Waals surface area contributed by atoms with Gasteiger partial charge in [0.25, 0.3) is 5.91 Å². The molecule has 0 aromatic heterocycles. The van der Waals surface area contributed by atoms with Crippen molar-refractivity contribution in [3.8, 4) is 6.07 Å². The summed E-state index contributed by atoms with van der Waals surface area (Å²) in [7, 11) is 0. The highest BCUT2D eigenvalue weighted by Gasteiger charge is 2.08. The highest BCUT2D eigenvalue weighted by Crippen LogP contribution is 2.06. The Balaban J connectivity index is 0.00000121. The van der Waals surface area contributed by atoms with Crippen molar-refractivity contribution >= 4 is 5.91 Å². The van der Waals surface area contributed by atoms with E-state index in [1.54, 1.807) is 24.3 Å². The third-order valence-corrected chi connectivity index (χ3v) is 1.91. The number of hydrogen-bond acceptors (Lipinski definition) is 2. The number of carbonyl (C=O) groups is 1. The number of carbonyl (C=O) groups excluding carboxylic acids is 1. The van der Waals surface area contributed by atoms with E-state index >= 15 is 0 Å². The van der Waals surface area contributed by atoms with Gasteiger partial charge in [-0.25, -0.2) is 0 Å². The summed E-state index contributed by atoms with van der Waals surface area (Å²) >= 11 is 0. The van der Waals surface area contributed by atoms with Crippen molar-refractivity contribution in [3.05, 3.63) is 47.5 Å². The third kappa shape index (κ3) is 4.98. The first kappa shape index (κ1) is 14.9. The zero-order chi connectivity index (χ0) is 13.1. The van der Waals surface area contributed by atoms with Crippen molar-refractivity contribution in [1.82, 2.24) is 5.32 Å². The quantitative estimate of drug-likeness (QED) is 0.812. The number of nitriles is 1. The van der Waals surface area contributed by atoms with Crippen LogP contribution in [0.25, 0.3) is 0 Å². The molecule has 1 rings (SSSR count). The molecule has 1 aromatic rings. The number of amides is 1. The summed E-state index contributed by atoms with van der Waals surface area (Å²) in [4.78, 5) is 11.6. The average molecular weight is 230 g/mol. The lowest BCUT2D eigenvalue weighted by Gasteiger charge is -2.03. The Hall–Kier alpha value is -2.08. The fourth-order valence-corrected chi connectivity index (χ4v) is 1.14. The molecule has 0 atom stereocenters. The molecule has 3 heteroatoms. The smallest absolute Gasteiger partial charge is 0.252 e. The van der Waals surface area contributed by atoms with Gasteiger partial charge in [-0.1, -0.05) is 38.1 Å². The lowest BCUT2D eigenvalue weighted by molar-refractivity contribution is 0.0957. The first-order valence-corrected chi connectivity index (χ1v) is 5.68. The maximum absolute atomic E-state index is 11.6. The second-order valence-electron chi connectivity index (χ2n) is 2.94. The first-order valence-electron chi connectivity index (χ1n) is 5.68. The summed E-state index contributed by atoms with van der Waals surface area (Å²) in [5.74, 6) is -0.217. The summed E-state index contributed by atoms with van der Waals surface area (Å²) in [6.07, 6.45) is 3.70. The Morgan fingerprint density at radius 3 is 2.65 bits per heavy atom. The maximum Gasteiger partial charge on any atom is 0.252 e. The normalized spacial score (nSPS) is 9.06. The molecule has 0 saturated heterocycles. The van der Waals surface area contributed by atoms with E-state index in [-0.39, 0.29) is 5.91 Å². The van der Waals surface area contributed by atoms with Crippen molar-refractivity contribution in [3.63, 3.8) is 0 Å². The number of nitrogens with zero attached hydrogens (tertiary/aromatic N) is 1. The van der Waals surface area contributed by atoms with Gasteiger partial charge in [0.2, 0.25) is 0 Å². The van der Waals surface area contributed by atoms with Crippen LogP contribution in [0.15, 0.2) is 36.4 Å². The molecule has 1 amide bonds. The molecule has 0 unspecified atom stereocenters. The topological polar surface area (TPSA) is 52.9 Å². The van der Waals surface area contributed by atoms with Crippen LogP contribution in [0.2, 0.25) is 0 Å². The van der Waals surface area contributed by atoms with Gasteiger partial charge >= 0.3 is 0 Å². The highest BCUT2D eigenvalue weighted by molar-refractivity contribution is 5.96. The van der Waals surface area contributed by atoms with Gasteiger partial charge in [-0.3, -0.25) is 4.79 Å². The van der Waals surface area contributed by atoms with Gasteiger partial charge in [0, 0.05) is 6.54 Å². The molecule has 0 saturated carbocycles. The van der Waals surface area contributed by atoms with Gasteiger partial charge in [-0.2, -0.15) is 5.26 Å². The minimum Gasteiger partial charge on any atom is -0.349 e. The molecule has 1 N–H and O–H groups in total. The molecule has 0 heterocycles. The van der Waals surface area contributed by atoms with Crippen molar-refractivity contribution in [1.29, 1.82) is 5.26 Å². The van der Waals surface area contributed by atoms with Crippen LogP contribution in [-0.4, -0.2) is 12.5 Å². The van der Waals surface area contributed by atoms with Gasteiger partial charge in [0.1, 0.15) is 0 Å². The Kier molecular flexibility index (Phi) is 8.05. The van der Waals surface area contributed by atoms with E-state index in [1.807, 2.05) is 39.0 Å². The van der Waals surface area contributed by atoms with Gasteiger partial charge in [0.15, 0.2) is 0 Å². The largest absolute Gasteiger partial charge is 0.349 e. The van der Waals surface area contributed by atoms with Gasteiger partial charge < -0.3 is 5.32 Å². The minimum absolute atomic E-state index is 0.217. The number of hydrogen-bond donors (Lipinski definition) is 1. The summed E-state index contributed by atoms with van der Waals surface area (Å²) in [6.45, 7) is 6.37. The number of rotatable bonds is 3. The van der Waals surface area contributed by atoms with Crippen LogP contribution in [0.1, 0.15) is 36.7 Å². The third-order valence-electron chi connectivity index (χ3n) is 1.91. The summed E-state index contributed by atoms with van der Waals surface area (Å²) in [5.41, 5.74) is 0.819. The molecule has 0 aliphatic heterocycles. The molecular weight excluding hydrogens is 212 g/mol. The second kappa shape index (κ2) is 9.17. The van der Waals surface area contributed by atoms with Gasteiger partial charge in [0.05, 0.1) is 17.2 Å². The van der Waals surface area contributed by atoms with Crippen LogP contribution in [0, 0.1) is 11.3 Å². The number of allylic oxidation sites excluding steroid dienone is 1. The lowest BCUT2D eigenvalue weighted by Crippen LogP contribution is -2.24. The van der Waals surface area contributed by atoms with E-state index in [9.17, 15) is 4.79 Å². The molecule has 0 aliphatic rings. The SMILES string of the molecule is C/C=C/CNC(=O)c1ccccc1C#N.CC. The molecule has 0 spiro atoms. The van der Waals surface area contributed by atoms with E-state index in [4.69, 9.17) is 5.26 Å². The number of nitrogens with one attached hydrogen (secondary N) is 1. The standard InChI is InChI=1S/C12H12N2O.C2H6/c1-2-3-8-14-12(15)11-7-5-4-6-10(11)9-13;1-2/h2-7H,8H2,1H3,(H,14,15);1-2H3/b3-2+;. The van der Waals surface area contributed by atoms with Crippen LogP contribution in [0.5, 0.6) is 0 Å². The van der Waals surface area contributed by atoms with Crippen LogP contribution in [0.4, 0.5) is 0 Å². The lowest BCUT2D eigenvalue weighted by atomic mass is 10.1. The Bertz CT molecular complexity index is 416. The summed E-state index contributed by atoms with van der Waals surface area (Å²) < 4.78 is 0. The average Bonchev–Trinajstić information content (AvgIpc) is 2.41. The zero-order valence-electron chi connectivity index (χ0n) is 10.5. The first-order chi connectivity index (χ1) is 8.29. The zero-order valence-corrected chi connectivity index (χ0v) is 10.5. The predicted molar refractivity (Wildman–Crippen MR) is 69.7 cm³/mol. The van der Waals surface area contributed by atoms with Crippen molar-refractivity contribution in [2.45, 2.75) is 20.8 Å². The van der Waals surface area contributed by atoms with Gasteiger partial charge in [-0.05, 0) is 19.1 Å². The molecular formula is C14H18N2O. The highest BCUT2D eigenvalue weighted by atomic mass is 16.1. The number of benzene rings is 1. The Morgan fingerprint density at radius 1 is 1.41 bits per heavy atom. The van der Waals surface area contributed by atoms with E-state index in [1.165, 1.54) is 0 Å². The molecule has 90 valence electrons.